The van der Waals surface area contributed by atoms with E-state index >= 15 is 0 Å². The van der Waals surface area contributed by atoms with Crippen LogP contribution in [0.25, 0.3) is 11.8 Å². The Balaban J connectivity index is 1.96. The van der Waals surface area contributed by atoms with Gasteiger partial charge in [0, 0.05) is 17.1 Å². The number of aryl methyl sites for hydroxylation is 1. The van der Waals surface area contributed by atoms with Crippen molar-refractivity contribution in [3.63, 3.8) is 0 Å². The summed E-state index contributed by atoms with van der Waals surface area (Å²) in [6, 6.07) is 9.06. The van der Waals surface area contributed by atoms with Gasteiger partial charge in [-0.15, -0.1) is 0 Å². The molecule has 1 aromatic carbocycles. The topological polar surface area (TPSA) is 88.8 Å². The largest absolute Gasteiger partial charge is 0.480 e. The Hall–Kier alpha value is -2.91. The molecule has 1 amide bonds. The highest BCUT2D eigenvalue weighted by atomic mass is 32.2. The molecule has 0 atom stereocenters. The summed E-state index contributed by atoms with van der Waals surface area (Å²) in [7, 11) is 0. The lowest BCUT2D eigenvalue weighted by atomic mass is 10.2. The van der Waals surface area contributed by atoms with Crippen LogP contribution in [0.4, 0.5) is 0 Å². The zero-order valence-corrected chi connectivity index (χ0v) is 18.3. The first-order valence-corrected chi connectivity index (χ1v) is 10.4. The summed E-state index contributed by atoms with van der Waals surface area (Å²) >= 11 is 6.23. The molecule has 156 valence electrons. The summed E-state index contributed by atoms with van der Waals surface area (Å²) in [6.45, 7) is 5.44. The highest BCUT2D eigenvalue weighted by molar-refractivity contribution is 8.26. The number of ether oxygens (including phenoxy) is 1. The number of thioether (sulfide) groups is 1. The maximum atomic E-state index is 12.5. The number of aromatic nitrogens is 1. The zero-order valence-electron chi connectivity index (χ0n) is 16.7. The van der Waals surface area contributed by atoms with Crippen LogP contribution in [0, 0.1) is 13.8 Å². The zero-order chi connectivity index (χ0) is 22.0. The van der Waals surface area contributed by atoms with Crippen LogP contribution in [0.3, 0.4) is 0 Å². The molecule has 0 unspecified atom stereocenters. The Bertz CT molecular complexity index is 1090. The fourth-order valence-corrected chi connectivity index (χ4v) is 4.48. The number of carbonyl (C=O) groups excluding carboxylic acids is 2. The number of aliphatic carboxylic acids is 1. The summed E-state index contributed by atoms with van der Waals surface area (Å²) < 4.78 is 7.28. The minimum absolute atomic E-state index is 0.226. The number of benzene rings is 1. The van der Waals surface area contributed by atoms with E-state index in [-0.39, 0.29) is 10.3 Å². The van der Waals surface area contributed by atoms with Gasteiger partial charge in [-0.2, -0.15) is 0 Å². The van der Waals surface area contributed by atoms with Crippen LogP contribution in [0.5, 0.6) is 0 Å². The summed E-state index contributed by atoms with van der Waals surface area (Å²) in [6.07, 6.45) is 1.72. The molecular weight excluding hydrogens is 424 g/mol. The Morgan fingerprint density at radius 2 is 2.00 bits per heavy atom. The average molecular weight is 445 g/mol. The molecule has 1 N–H and O–H groups in total. The fourth-order valence-electron chi connectivity index (χ4n) is 3.23. The van der Waals surface area contributed by atoms with Crippen LogP contribution in [0.2, 0.25) is 0 Å². The van der Waals surface area contributed by atoms with Gasteiger partial charge in [-0.1, -0.05) is 30.0 Å². The van der Waals surface area contributed by atoms with E-state index in [9.17, 15) is 14.4 Å². The van der Waals surface area contributed by atoms with Crippen molar-refractivity contribution in [3.05, 3.63) is 57.8 Å². The molecule has 9 heteroatoms. The lowest BCUT2D eigenvalue weighted by molar-refractivity contribution is -0.140. The number of carboxylic acids is 1. The van der Waals surface area contributed by atoms with Gasteiger partial charge in [0.05, 0.1) is 17.1 Å². The van der Waals surface area contributed by atoms with Crippen LogP contribution in [-0.2, 0) is 14.3 Å². The maximum Gasteiger partial charge on any atom is 0.338 e. The van der Waals surface area contributed by atoms with Crippen molar-refractivity contribution >= 4 is 52.2 Å². The molecule has 1 saturated heterocycles. The van der Waals surface area contributed by atoms with E-state index < -0.39 is 18.4 Å². The molecule has 0 saturated carbocycles. The van der Waals surface area contributed by atoms with Gasteiger partial charge < -0.3 is 14.4 Å². The van der Waals surface area contributed by atoms with Crippen molar-refractivity contribution in [3.8, 4) is 5.69 Å². The number of carboxylic acid groups (broad SMARTS) is 1. The van der Waals surface area contributed by atoms with Crippen LogP contribution >= 0.6 is 24.0 Å². The monoisotopic (exact) mass is 444 g/mol. The number of esters is 1. The molecule has 3 rings (SSSR count). The first kappa shape index (κ1) is 21.8. The van der Waals surface area contributed by atoms with Gasteiger partial charge in [-0.3, -0.25) is 14.5 Å². The highest BCUT2D eigenvalue weighted by Gasteiger charge is 2.33. The third-order valence-electron chi connectivity index (χ3n) is 4.54. The van der Waals surface area contributed by atoms with Crippen molar-refractivity contribution in [1.82, 2.24) is 9.47 Å². The number of carbonyl (C=O) groups is 3. The normalized spacial score (nSPS) is 15.2. The summed E-state index contributed by atoms with van der Waals surface area (Å²) in [5.41, 5.74) is 3.86. The van der Waals surface area contributed by atoms with E-state index in [1.54, 1.807) is 31.2 Å². The molecule has 0 aliphatic carbocycles. The Kier molecular flexibility index (Phi) is 6.42. The number of hydrogen-bond acceptors (Lipinski definition) is 6. The second-order valence-corrected chi connectivity index (χ2v) is 8.27. The number of nitrogens with zero attached hydrogens (tertiary/aromatic N) is 2. The van der Waals surface area contributed by atoms with Crippen molar-refractivity contribution in [2.24, 2.45) is 0 Å². The molecule has 2 heterocycles. The van der Waals surface area contributed by atoms with Gasteiger partial charge in [-0.25, -0.2) is 4.79 Å². The first-order chi connectivity index (χ1) is 14.2. The van der Waals surface area contributed by atoms with Crippen molar-refractivity contribution in [2.75, 3.05) is 13.2 Å². The minimum atomic E-state index is -1.12. The van der Waals surface area contributed by atoms with Gasteiger partial charge in [0.1, 0.15) is 10.9 Å². The number of hydrogen-bond donors (Lipinski definition) is 1. The lowest BCUT2D eigenvalue weighted by Crippen LogP contribution is -2.33. The van der Waals surface area contributed by atoms with E-state index in [4.69, 9.17) is 22.1 Å². The smallest absolute Gasteiger partial charge is 0.338 e. The lowest BCUT2D eigenvalue weighted by Gasteiger charge is -2.11. The number of thiocarbonyl (C=S) groups is 1. The van der Waals surface area contributed by atoms with Crippen LogP contribution in [0.15, 0.2) is 35.2 Å². The van der Waals surface area contributed by atoms with Crippen LogP contribution < -0.4 is 0 Å². The molecule has 0 bridgehead atoms. The SMILES string of the molecule is CCOC(=O)c1cccc(-n2c(C)cc(C=C3SC(=S)N(CC(=O)O)C3=O)c2C)c1. The molecular formula is C21H20N2O5S2. The Morgan fingerprint density at radius 1 is 1.27 bits per heavy atom. The van der Waals surface area contributed by atoms with Crippen molar-refractivity contribution in [1.29, 1.82) is 0 Å². The highest BCUT2D eigenvalue weighted by Crippen LogP contribution is 2.34. The van der Waals surface area contributed by atoms with E-state index in [1.165, 1.54) is 0 Å². The summed E-state index contributed by atoms with van der Waals surface area (Å²) in [5, 5.41) is 8.97. The van der Waals surface area contributed by atoms with Gasteiger partial charge in [0.15, 0.2) is 0 Å². The average Bonchev–Trinajstić information content (AvgIpc) is 3.11. The van der Waals surface area contributed by atoms with Gasteiger partial charge in [0.25, 0.3) is 5.91 Å². The van der Waals surface area contributed by atoms with Crippen molar-refractivity contribution < 1.29 is 24.2 Å². The number of amides is 1. The van der Waals surface area contributed by atoms with Crippen LogP contribution in [-0.4, -0.2) is 49.9 Å². The summed E-state index contributed by atoms with van der Waals surface area (Å²) in [4.78, 5) is 37.0. The molecule has 2 aromatic rings. The van der Waals surface area contributed by atoms with E-state index in [2.05, 4.69) is 0 Å². The second-order valence-electron chi connectivity index (χ2n) is 6.59. The van der Waals surface area contributed by atoms with Gasteiger partial charge >= 0.3 is 11.9 Å². The third kappa shape index (κ3) is 4.31. The molecule has 1 aliphatic rings. The third-order valence-corrected chi connectivity index (χ3v) is 5.92. The van der Waals surface area contributed by atoms with E-state index in [0.717, 1.165) is 39.3 Å². The van der Waals surface area contributed by atoms with E-state index in [0.29, 0.717) is 17.1 Å². The Labute approximate surface area is 183 Å². The quantitative estimate of drug-likeness (QED) is 0.414. The Morgan fingerprint density at radius 3 is 2.67 bits per heavy atom. The molecule has 1 aliphatic heterocycles. The minimum Gasteiger partial charge on any atom is -0.480 e. The predicted molar refractivity (Wildman–Crippen MR) is 119 cm³/mol. The summed E-state index contributed by atoms with van der Waals surface area (Å²) in [5.74, 6) is -1.92. The molecule has 7 nitrogen and oxygen atoms in total. The molecule has 1 fully saturated rings. The van der Waals surface area contributed by atoms with Crippen molar-refractivity contribution in [2.45, 2.75) is 20.8 Å². The molecule has 1 aromatic heterocycles. The molecule has 30 heavy (non-hydrogen) atoms. The van der Waals surface area contributed by atoms with Crippen LogP contribution in [0.1, 0.15) is 34.2 Å². The maximum absolute atomic E-state index is 12.5. The fraction of sp³-hybridized carbons (Fsp3) is 0.238. The molecule has 0 radical (unpaired) electrons. The second kappa shape index (κ2) is 8.85. The van der Waals surface area contributed by atoms with Gasteiger partial charge in [-0.05, 0) is 56.7 Å². The van der Waals surface area contributed by atoms with Gasteiger partial charge in [0.2, 0.25) is 0 Å². The standard InChI is InChI=1S/C21H20N2O5S2/c1-4-28-20(27)14-6-5-7-16(9-14)23-12(2)8-15(13(23)3)10-17-19(26)22(11-18(24)25)21(29)30-17/h5-10H,4,11H2,1-3H3,(H,24,25). The molecule has 0 spiro atoms. The number of rotatable bonds is 6. The first-order valence-electron chi connectivity index (χ1n) is 9.16. The predicted octanol–water partition coefficient (Wildman–Crippen LogP) is 3.56. The van der Waals surface area contributed by atoms with E-state index in [1.807, 2.05) is 30.5 Å².